The molecule has 1 fully saturated rings. The van der Waals surface area contributed by atoms with Crippen molar-refractivity contribution in [1.29, 1.82) is 0 Å². The Bertz CT molecular complexity index is 934. The van der Waals surface area contributed by atoms with Crippen LogP contribution in [0.3, 0.4) is 0 Å². The fourth-order valence-electron chi connectivity index (χ4n) is 3.29. The summed E-state index contributed by atoms with van der Waals surface area (Å²) in [5.74, 6) is 1.41. The van der Waals surface area contributed by atoms with Gasteiger partial charge in [0, 0.05) is 36.5 Å². The highest BCUT2D eigenvalue weighted by Gasteiger charge is 2.33. The van der Waals surface area contributed by atoms with E-state index in [-0.39, 0.29) is 0 Å². The summed E-state index contributed by atoms with van der Waals surface area (Å²) in [4.78, 5) is 10.7. The Morgan fingerprint density at radius 1 is 1.16 bits per heavy atom. The highest BCUT2D eigenvalue weighted by atomic mass is 32.2. The second kappa shape index (κ2) is 6.11. The van der Waals surface area contributed by atoms with Crippen LogP contribution >= 0.6 is 0 Å². The summed E-state index contributed by atoms with van der Waals surface area (Å²) in [6, 6.07) is 9.25. The molecule has 7 nitrogen and oxygen atoms in total. The van der Waals surface area contributed by atoms with E-state index in [0.29, 0.717) is 22.3 Å². The highest BCUT2D eigenvalue weighted by Crippen LogP contribution is 2.29. The lowest BCUT2D eigenvalue weighted by Gasteiger charge is -2.33. The first-order chi connectivity index (χ1) is 12.0. The maximum absolute atomic E-state index is 12.2. The van der Waals surface area contributed by atoms with Crippen LogP contribution in [0.15, 0.2) is 46.0 Å². The Labute approximate surface area is 146 Å². The van der Waals surface area contributed by atoms with E-state index < -0.39 is 10.0 Å². The number of nitrogens with zero attached hydrogens (tertiary/aromatic N) is 4. The molecule has 0 atom stereocenters. The SMILES string of the molecule is Cc1cc(NC2CCN(C3=NS(=O)(=O)c4ccccc43)CC2)ncn1. The molecule has 1 aromatic heterocycles. The molecule has 2 aromatic rings. The van der Waals surface area contributed by atoms with Crippen LogP contribution in [0.4, 0.5) is 5.82 Å². The third-order valence-corrected chi connectivity index (χ3v) is 5.89. The topological polar surface area (TPSA) is 87.5 Å². The van der Waals surface area contributed by atoms with Gasteiger partial charge in [-0.15, -0.1) is 4.40 Å². The number of aryl methyl sites for hydroxylation is 1. The summed E-state index contributed by atoms with van der Waals surface area (Å²) >= 11 is 0. The summed E-state index contributed by atoms with van der Waals surface area (Å²) in [6.45, 7) is 3.44. The van der Waals surface area contributed by atoms with Crippen LogP contribution in [-0.2, 0) is 10.0 Å². The van der Waals surface area contributed by atoms with Crippen LogP contribution in [0.25, 0.3) is 0 Å². The van der Waals surface area contributed by atoms with Gasteiger partial charge < -0.3 is 10.2 Å². The van der Waals surface area contributed by atoms with E-state index in [1.165, 1.54) is 0 Å². The van der Waals surface area contributed by atoms with Gasteiger partial charge in [0.05, 0.1) is 0 Å². The fraction of sp³-hybridized carbons (Fsp3) is 0.353. The van der Waals surface area contributed by atoms with Crippen molar-refractivity contribution in [1.82, 2.24) is 14.9 Å². The lowest BCUT2D eigenvalue weighted by atomic mass is 10.0. The summed E-state index contributed by atoms with van der Waals surface area (Å²) in [6.07, 6.45) is 3.34. The van der Waals surface area contributed by atoms with Crippen LogP contribution in [0.2, 0.25) is 0 Å². The molecule has 1 saturated heterocycles. The van der Waals surface area contributed by atoms with Gasteiger partial charge in [-0.25, -0.2) is 9.97 Å². The Kier molecular flexibility index (Phi) is 3.91. The number of aromatic nitrogens is 2. The summed E-state index contributed by atoms with van der Waals surface area (Å²) in [7, 11) is -3.56. The molecule has 130 valence electrons. The molecular formula is C17H19N5O2S. The monoisotopic (exact) mass is 357 g/mol. The zero-order valence-electron chi connectivity index (χ0n) is 13.9. The molecule has 0 amide bonds. The number of benzene rings is 1. The van der Waals surface area contributed by atoms with E-state index in [2.05, 4.69) is 24.6 Å². The number of hydrogen-bond donors (Lipinski definition) is 1. The molecule has 0 aliphatic carbocycles. The van der Waals surface area contributed by atoms with Crippen molar-refractivity contribution in [2.24, 2.45) is 4.40 Å². The highest BCUT2D eigenvalue weighted by molar-refractivity contribution is 7.90. The lowest BCUT2D eigenvalue weighted by molar-refractivity contribution is 0.324. The van der Waals surface area contributed by atoms with Crippen LogP contribution < -0.4 is 5.32 Å². The number of anilines is 1. The van der Waals surface area contributed by atoms with Crippen molar-refractivity contribution in [2.45, 2.75) is 30.7 Å². The molecule has 2 aliphatic rings. The first kappa shape index (κ1) is 16.0. The number of hydrogen-bond acceptors (Lipinski definition) is 6. The normalized spacial score (nSPS) is 19.4. The molecule has 25 heavy (non-hydrogen) atoms. The predicted molar refractivity (Wildman–Crippen MR) is 95.2 cm³/mol. The van der Waals surface area contributed by atoms with E-state index in [9.17, 15) is 8.42 Å². The fourth-order valence-corrected chi connectivity index (χ4v) is 4.52. The van der Waals surface area contributed by atoms with Crippen molar-refractivity contribution < 1.29 is 8.42 Å². The maximum Gasteiger partial charge on any atom is 0.285 e. The minimum absolute atomic E-state index is 0.305. The molecule has 1 N–H and O–H groups in total. The number of fused-ring (bicyclic) bond motifs is 1. The number of amidine groups is 1. The Morgan fingerprint density at radius 2 is 1.92 bits per heavy atom. The van der Waals surface area contributed by atoms with Crippen molar-refractivity contribution in [3.8, 4) is 0 Å². The van der Waals surface area contributed by atoms with Gasteiger partial charge in [-0.2, -0.15) is 8.42 Å². The molecule has 1 aromatic carbocycles. The van der Waals surface area contributed by atoms with Crippen LogP contribution in [0.5, 0.6) is 0 Å². The third-order valence-electron chi connectivity index (χ3n) is 4.56. The van der Waals surface area contributed by atoms with Crippen molar-refractivity contribution in [2.75, 3.05) is 18.4 Å². The van der Waals surface area contributed by atoms with E-state index in [1.54, 1.807) is 18.5 Å². The van der Waals surface area contributed by atoms with Crippen molar-refractivity contribution in [3.05, 3.63) is 47.9 Å². The van der Waals surface area contributed by atoms with Crippen molar-refractivity contribution >= 4 is 21.7 Å². The largest absolute Gasteiger partial charge is 0.367 e. The van der Waals surface area contributed by atoms with Crippen LogP contribution in [-0.4, -0.2) is 48.3 Å². The molecular weight excluding hydrogens is 338 g/mol. The third kappa shape index (κ3) is 3.09. The minimum Gasteiger partial charge on any atom is -0.367 e. The molecule has 0 unspecified atom stereocenters. The van der Waals surface area contributed by atoms with E-state index >= 15 is 0 Å². The van der Waals surface area contributed by atoms with Crippen molar-refractivity contribution in [3.63, 3.8) is 0 Å². The zero-order valence-corrected chi connectivity index (χ0v) is 14.7. The van der Waals surface area contributed by atoms with Gasteiger partial charge in [-0.05, 0) is 31.9 Å². The number of rotatable bonds is 2. The first-order valence-electron chi connectivity index (χ1n) is 8.27. The quantitative estimate of drug-likeness (QED) is 0.882. The minimum atomic E-state index is -3.56. The summed E-state index contributed by atoms with van der Waals surface area (Å²) in [5, 5.41) is 3.43. The molecule has 0 saturated carbocycles. The molecule has 4 rings (SSSR count). The lowest BCUT2D eigenvalue weighted by Crippen LogP contribution is -2.42. The molecule has 3 heterocycles. The number of likely N-dealkylation sites (tertiary alicyclic amines) is 1. The number of sulfonamides is 1. The smallest absolute Gasteiger partial charge is 0.285 e. The Hall–Kier alpha value is -2.48. The Morgan fingerprint density at radius 3 is 2.68 bits per heavy atom. The van der Waals surface area contributed by atoms with Crippen LogP contribution in [0, 0.1) is 6.92 Å². The van der Waals surface area contributed by atoms with E-state index in [0.717, 1.165) is 37.4 Å². The van der Waals surface area contributed by atoms with E-state index in [4.69, 9.17) is 0 Å². The predicted octanol–water partition coefficient (Wildman–Crippen LogP) is 1.81. The molecule has 0 radical (unpaired) electrons. The van der Waals surface area contributed by atoms with Gasteiger partial charge in [-0.1, -0.05) is 12.1 Å². The molecule has 0 bridgehead atoms. The van der Waals surface area contributed by atoms with Crippen LogP contribution in [0.1, 0.15) is 24.1 Å². The van der Waals surface area contributed by atoms with Gasteiger partial charge >= 0.3 is 0 Å². The average Bonchev–Trinajstić information content (AvgIpc) is 2.88. The number of nitrogens with one attached hydrogen (secondary N) is 1. The maximum atomic E-state index is 12.2. The zero-order chi connectivity index (χ0) is 17.4. The molecule has 2 aliphatic heterocycles. The second-order valence-corrected chi connectivity index (χ2v) is 7.91. The van der Waals surface area contributed by atoms with Gasteiger partial charge in [0.25, 0.3) is 10.0 Å². The summed E-state index contributed by atoms with van der Waals surface area (Å²) in [5.41, 5.74) is 1.64. The van der Waals surface area contributed by atoms with Gasteiger partial charge in [0.2, 0.25) is 0 Å². The average molecular weight is 357 g/mol. The Balaban J connectivity index is 1.46. The first-order valence-corrected chi connectivity index (χ1v) is 9.71. The van der Waals surface area contributed by atoms with Gasteiger partial charge in [0.15, 0.2) is 5.84 Å². The second-order valence-electron chi connectivity index (χ2n) is 6.34. The van der Waals surface area contributed by atoms with E-state index in [1.807, 2.05) is 25.1 Å². The van der Waals surface area contributed by atoms with Gasteiger partial charge in [-0.3, -0.25) is 0 Å². The summed E-state index contributed by atoms with van der Waals surface area (Å²) < 4.78 is 28.4. The van der Waals surface area contributed by atoms with Gasteiger partial charge in [0.1, 0.15) is 17.0 Å². The number of piperidine rings is 1. The molecule has 0 spiro atoms. The molecule has 8 heteroatoms. The standard InChI is InChI=1S/C17H19N5O2S/c1-12-10-16(19-11-18-12)20-13-6-8-22(9-7-13)17-14-4-2-3-5-15(14)25(23,24)21-17/h2-5,10-11,13H,6-9H2,1H3,(H,18,19,20).